The van der Waals surface area contributed by atoms with Crippen LogP contribution in [0.1, 0.15) is 41.0 Å². The minimum Gasteiger partial charge on any atom is -0.456 e. The molecule has 0 bridgehead atoms. The van der Waals surface area contributed by atoms with Gasteiger partial charge in [0.25, 0.3) is 0 Å². The Labute approximate surface area is 81.0 Å². The van der Waals surface area contributed by atoms with Crippen molar-refractivity contribution in [2.75, 3.05) is 0 Å². The lowest BCUT2D eigenvalue weighted by atomic mass is 9.75. The molecule has 0 aliphatic rings. The molecule has 0 amide bonds. The molecule has 0 aromatic rings. The molecule has 0 aliphatic heterocycles. The molecule has 0 spiro atoms. The summed E-state index contributed by atoms with van der Waals surface area (Å²) in [5.74, 6) is -0.355. The van der Waals surface area contributed by atoms with Crippen LogP contribution in [0, 0.1) is 5.41 Å². The van der Waals surface area contributed by atoms with Crippen LogP contribution in [-0.4, -0.2) is 11.6 Å². The van der Waals surface area contributed by atoms with Gasteiger partial charge in [-0.3, -0.25) is 0 Å². The maximum atomic E-state index is 11.0. The van der Waals surface area contributed by atoms with Gasteiger partial charge in [0, 0.05) is 11.5 Å². The van der Waals surface area contributed by atoms with E-state index in [-0.39, 0.29) is 11.4 Å². The van der Waals surface area contributed by atoms with Crippen LogP contribution in [0.15, 0.2) is 12.7 Å². The number of esters is 1. The van der Waals surface area contributed by atoms with Gasteiger partial charge in [0.05, 0.1) is 0 Å². The highest BCUT2D eigenvalue weighted by atomic mass is 16.6. The zero-order valence-electron chi connectivity index (χ0n) is 9.31. The van der Waals surface area contributed by atoms with Crippen LogP contribution in [0.3, 0.4) is 0 Å². The van der Waals surface area contributed by atoms with Gasteiger partial charge in [0.2, 0.25) is 0 Å². The standard InChI is InChI=1S/C11H20O2/c1-7-9(12)13-11(5,6)10(3,4)8-2/h7H,1,8H2,2-6H3. The molecular weight excluding hydrogens is 164 g/mol. The first kappa shape index (κ1) is 12.2. The average molecular weight is 184 g/mol. The lowest BCUT2D eigenvalue weighted by molar-refractivity contribution is -0.162. The van der Waals surface area contributed by atoms with E-state index in [2.05, 4.69) is 27.4 Å². The van der Waals surface area contributed by atoms with Crippen molar-refractivity contribution in [1.82, 2.24) is 0 Å². The molecule has 0 aromatic carbocycles. The number of hydrogen-bond donors (Lipinski definition) is 0. The predicted molar refractivity (Wildman–Crippen MR) is 54.4 cm³/mol. The third kappa shape index (κ3) is 2.87. The van der Waals surface area contributed by atoms with Gasteiger partial charge in [0.15, 0.2) is 0 Å². The predicted octanol–water partition coefficient (Wildman–Crippen LogP) is 2.93. The van der Waals surface area contributed by atoms with E-state index < -0.39 is 5.60 Å². The fourth-order valence-corrected chi connectivity index (χ4v) is 0.857. The molecule has 0 atom stereocenters. The van der Waals surface area contributed by atoms with Gasteiger partial charge in [0.1, 0.15) is 5.60 Å². The van der Waals surface area contributed by atoms with Crippen LogP contribution in [0.4, 0.5) is 0 Å². The monoisotopic (exact) mass is 184 g/mol. The Morgan fingerprint density at radius 2 is 1.85 bits per heavy atom. The van der Waals surface area contributed by atoms with E-state index in [0.717, 1.165) is 6.42 Å². The van der Waals surface area contributed by atoms with Gasteiger partial charge in [-0.05, 0) is 20.3 Å². The van der Waals surface area contributed by atoms with Crippen LogP contribution >= 0.6 is 0 Å². The second-order valence-corrected chi connectivity index (χ2v) is 4.37. The summed E-state index contributed by atoms with van der Waals surface area (Å²) in [6.45, 7) is 13.5. The quantitative estimate of drug-likeness (QED) is 0.496. The molecule has 0 saturated heterocycles. The van der Waals surface area contributed by atoms with Crippen LogP contribution in [0.2, 0.25) is 0 Å². The van der Waals surface area contributed by atoms with E-state index in [1.807, 2.05) is 13.8 Å². The van der Waals surface area contributed by atoms with E-state index in [9.17, 15) is 4.79 Å². The van der Waals surface area contributed by atoms with Crippen molar-refractivity contribution >= 4 is 5.97 Å². The Hall–Kier alpha value is -0.790. The molecular formula is C11H20O2. The zero-order chi connectivity index (χ0) is 10.7. The topological polar surface area (TPSA) is 26.3 Å². The molecule has 0 saturated carbocycles. The van der Waals surface area contributed by atoms with Crippen molar-refractivity contribution in [3.8, 4) is 0 Å². The largest absolute Gasteiger partial charge is 0.456 e. The highest BCUT2D eigenvalue weighted by Gasteiger charge is 2.38. The molecule has 0 heterocycles. The number of rotatable bonds is 4. The second-order valence-electron chi connectivity index (χ2n) is 4.37. The Morgan fingerprint density at radius 1 is 1.38 bits per heavy atom. The molecule has 0 aliphatic carbocycles. The van der Waals surface area contributed by atoms with Gasteiger partial charge >= 0.3 is 5.97 Å². The van der Waals surface area contributed by atoms with Crippen LogP contribution in [-0.2, 0) is 9.53 Å². The molecule has 0 fully saturated rings. The molecule has 0 N–H and O–H groups in total. The Balaban J connectivity index is 4.56. The fourth-order valence-electron chi connectivity index (χ4n) is 0.857. The molecule has 2 nitrogen and oxygen atoms in total. The number of ether oxygens (including phenoxy) is 1. The molecule has 13 heavy (non-hydrogen) atoms. The number of hydrogen-bond acceptors (Lipinski definition) is 2. The first-order chi connectivity index (χ1) is 5.77. The summed E-state index contributed by atoms with van der Waals surface area (Å²) in [6.07, 6.45) is 2.16. The van der Waals surface area contributed by atoms with E-state index >= 15 is 0 Å². The molecule has 0 rings (SSSR count). The van der Waals surface area contributed by atoms with Crippen molar-refractivity contribution in [2.45, 2.75) is 46.6 Å². The van der Waals surface area contributed by atoms with Gasteiger partial charge in [-0.2, -0.15) is 0 Å². The smallest absolute Gasteiger partial charge is 0.330 e. The summed E-state index contributed by atoms with van der Waals surface area (Å²) in [6, 6.07) is 0. The summed E-state index contributed by atoms with van der Waals surface area (Å²) in [4.78, 5) is 11.0. The van der Waals surface area contributed by atoms with Crippen LogP contribution in [0.5, 0.6) is 0 Å². The lowest BCUT2D eigenvalue weighted by Crippen LogP contribution is -2.42. The first-order valence-electron chi connectivity index (χ1n) is 4.62. The molecule has 0 aromatic heterocycles. The molecule has 76 valence electrons. The van der Waals surface area contributed by atoms with Crippen molar-refractivity contribution in [2.24, 2.45) is 5.41 Å². The minimum atomic E-state index is -0.451. The van der Waals surface area contributed by atoms with Crippen LogP contribution in [0.25, 0.3) is 0 Å². The summed E-state index contributed by atoms with van der Waals surface area (Å²) in [5, 5.41) is 0. The maximum Gasteiger partial charge on any atom is 0.330 e. The van der Waals surface area contributed by atoms with Gasteiger partial charge in [-0.1, -0.05) is 27.4 Å². The normalized spacial score (nSPS) is 12.4. The van der Waals surface area contributed by atoms with Crippen molar-refractivity contribution < 1.29 is 9.53 Å². The summed E-state index contributed by atoms with van der Waals surface area (Å²) >= 11 is 0. The summed E-state index contributed by atoms with van der Waals surface area (Å²) in [5.41, 5.74) is -0.474. The highest BCUT2D eigenvalue weighted by Crippen LogP contribution is 2.36. The molecule has 2 heteroatoms. The van der Waals surface area contributed by atoms with E-state index in [1.165, 1.54) is 6.08 Å². The summed E-state index contributed by atoms with van der Waals surface area (Å²) < 4.78 is 5.29. The number of carbonyl (C=O) groups excluding carboxylic acids is 1. The second kappa shape index (κ2) is 3.95. The van der Waals surface area contributed by atoms with Gasteiger partial charge in [-0.15, -0.1) is 0 Å². The SMILES string of the molecule is C=CC(=O)OC(C)(C)C(C)(C)CC. The zero-order valence-corrected chi connectivity index (χ0v) is 9.31. The van der Waals surface area contributed by atoms with Gasteiger partial charge < -0.3 is 4.74 Å². The Bertz CT molecular complexity index is 202. The Kier molecular flexibility index (Phi) is 3.71. The van der Waals surface area contributed by atoms with Crippen LogP contribution < -0.4 is 0 Å². The minimum absolute atomic E-state index is 0.0222. The van der Waals surface area contributed by atoms with E-state index in [0.29, 0.717) is 0 Å². The van der Waals surface area contributed by atoms with Gasteiger partial charge in [-0.25, -0.2) is 4.79 Å². The first-order valence-corrected chi connectivity index (χ1v) is 4.62. The van der Waals surface area contributed by atoms with Crippen molar-refractivity contribution in [3.05, 3.63) is 12.7 Å². The summed E-state index contributed by atoms with van der Waals surface area (Å²) in [7, 11) is 0. The Morgan fingerprint density at radius 3 is 2.15 bits per heavy atom. The highest BCUT2D eigenvalue weighted by molar-refractivity contribution is 5.81. The molecule has 0 unspecified atom stereocenters. The van der Waals surface area contributed by atoms with Crippen molar-refractivity contribution in [1.29, 1.82) is 0 Å². The third-order valence-corrected chi connectivity index (χ3v) is 3.04. The van der Waals surface area contributed by atoms with E-state index in [4.69, 9.17) is 4.74 Å². The van der Waals surface area contributed by atoms with Crippen molar-refractivity contribution in [3.63, 3.8) is 0 Å². The van der Waals surface area contributed by atoms with E-state index in [1.54, 1.807) is 0 Å². The molecule has 0 radical (unpaired) electrons. The lowest BCUT2D eigenvalue weighted by Gasteiger charge is -2.40. The fraction of sp³-hybridized carbons (Fsp3) is 0.727. The maximum absolute atomic E-state index is 11.0. The third-order valence-electron chi connectivity index (χ3n) is 3.04. The number of carbonyl (C=O) groups is 1. The average Bonchev–Trinajstić information content (AvgIpc) is 2.03.